The number of carbonyl (C=O) groups is 3. The lowest BCUT2D eigenvalue weighted by atomic mass is 10.1. The fourth-order valence-electron chi connectivity index (χ4n) is 4.38. The van der Waals surface area contributed by atoms with Crippen molar-refractivity contribution in [2.45, 2.75) is 20.4 Å². The molecule has 5 rings (SSSR count). The van der Waals surface area contributed by atoms with Crippen molar-refractivity contribution in [2.75, 3.05) is 11.9 Å². The highest BCUT2D eigenvalue weighted by Gasteiger charge is 2.35. The zero-order valence-electron chi connectivity index (χ0n) is 20.1. The molecule has 180 valence electrons. The molecule has 7 heteroatoms. The molecule has 1 aromatic heterocycles. The second-order valence-corrected chi connectivity index (χ2v) is 9.01. The fourth-order valence-corrected chi connectivity index (χ4v) is 4.38. The van der Waals surface area contributed by atoms with Gasteiger partial charge >= 0.3 is 6.03 Å². The number of hydrogen-bond donors (Lipinski definition) is 2. The second-order valence-electron chi connectivity index (χ2n) is 9.01. The Morgan fingerprint density at radius 3 is 2.50 bits per heavy atom. The first kappa shape index (κ1) is 23.1. The van der Waals surface area contributed by atoms with Gasteiger partial charge in [0.1, 0.15) is 12.2 Å². The van der Waals surface area contributed by atoms with Crippen LogP contribution in [0.1, 0.15) is 22.3 Å². The molecule has 0 atom stereocenters. The highest BCUT2D eigenvalue weighted by atomic mass is 16.2. The van der Waals surface area contributed by atoms with E-state index >= 15 is 0 Å². The van der Waals surface area contributed by atoms with Gasteiger partial charge in [0.05, 0.1) is 0 Å². The molecule has 0 spiro atoms. The highest BCUT2D eigenvalue weighted by Crippen LogP contribution is 2.26. The molecule has 1 aliphatic heterocycles. The van der Waals surface area contributed by atoms with Crippen molar-refractivity contribution >= 4 is 40.5 Å². The van der Waals surface area contributed by atoms with Crippen molar-refractivity contribution in [1.82, 2.24) is 14.8 Å². The van der Waals surface area contributed by atoms with Crippen LogP contribution in [0.5, 0.6) is 0 Å². The predicted molar refractivity (Wildman–Crippen MR) is 140 cm³/mol. The zero-order valence-corrected chi connectivity index (χ0v) is 20.1. The monoisotopic (exact) mass is 478 g/mol. The van der Waals surface area contributed by atoms with Gasteiger partial charge in [-0.15, -0.1) is 0 Å². The molecule has 1 saturated heterocycles. The van der Waals surface area contributed by atoms with Gasteiger partial charge in [0.25, 0.3) is 5.91 Å². The molecular weight excluding hydrogens is 452 g/mol. The van der Waals surface area contributed by atoms with E-state index in [1.54, 1.807) is 18.2 Å². The van der Waals surface area contributed by atoms with Crippen LogP contribution >= 0.6 is 0 Å². The van der Waals surface area contributed by atoms with Crippen LogP contribution in [0.4, 0.5) is 10.5 Å². The van der Waals surface area contributed by atoms with E-state index in [-0.39, 0.29) is 12.2 Å². The number of aryl methyl sites for hydroxylation is 2. The third kappa shape index (κ3) is 4.77. The first-order valence-corrected chi connectivity index (χ1v) is 11.7. The summed E-state index contributed by atoms with van der Waals surface area (Å²) in [6, 6.07) is 23.0. The van der Waals surface area contributed by atoms with Crippen LogP contribution in [-0.2, 0) is 16.1 Å². The van der Waals surface area contributed by atoms with Crippen LogP contribution in [0.2, 0.25) is 0 Å². The van der Waals surface area contributed by atoms with Gasteiger partial charge in [-0.05, 0) is 43.7 Å². The summed E-state index contributed by atoms with van der Waals surface area (Å²) in [6.07, 6.45) is 3.65. The summed E-state index contributed by atoms with van der Waals surface area (Å²) in [4.78, 5) is 38.9. The molecular formula is C29H26N4O3. The minimum atomic E-state index is -0.617. The normalized spacial score (nSPS) is 14.5. The number of amides is 4. The minimum absolute atomic E-state index is 0.140. The molecule has 2 heterocycles. The SMILES string of the molecule is Cc1ccc(NC(=O)CN2C(=O)NC(=Cc3cn(Cc4cccc(C)c4)c4ccccc34)C2=O)cc1. The van der Waals surface area contributed by atoms with Gasteiger partial charge in [-0.25, -0.2) is 9.69 Å². The number of nitrogens with zero attached hydrogens (tertiary/aromatic N) is 2. The summed E-state index contributed by atoms with van der Waals surface area (Å²) in [5.74, 6) is -0.979. The van der Waals surface area contributed by atoms with Gasteiger partial charge in [-0.1, -0.05) is 65.7 Å². The average molecular weight is 479 g/mol. The number of rotatable bonds is 6. The fraction of sp³-hybridized carbons (Fsp3) is 0.138. The summed E-state index contributed by atoms with van der Waals surface area (Å²) in [5, 5.41) is 6.31. The predicted octanol–water partition coefficient (Wildman–Crippen LogP) is 4.84. The molecule has 0 unspecified atom stereocenters. The highest BCUT2D eigenvalue weighted by molar-refractivity contribution is 6.16. The number of urea groups is 1. The number of hydrogen-bond acceptors (Lipinski definition) is 3. The van der Waals surface area contributed by atoms with Crippen molar-refractivity contribution in [3.8, 4) is 0 Å². The summed E-state index contributed by atoms with van der Waals surface area (Å²) < 4.78 is 2.13. The molecule has 2 N–H and O–H groups in total. The van der Waals surface area contributed by atoms with E-state index in [9.17, 15) is 14.4 Å². The van der Waals surface area contributed by atoms with E-state index in [2.05, 4.69) is 40.3 Å². The Bertz CT molecular complexity index is 1520. The van der Waals surface area contributed by atoms with E-state index in [0.717, 1.165) is 26.9 Å². The Labute approximate surface area is 209 Å². The molecule has 1 fully saturated rings. The van der Waals surface area contributed by atoms with Crippen molar-refractivity contribution in [3.05, 3.63) is 107 Å². The molecule has 7 nitrogen and oxygen atoms in total. The van der Waals surface area contributed by atoms with E-state index in [1.165, 1.54) is 11.1 Å². The molecule has 4 aromatic rings. The first-order valence-electron chi connectivity index (χ1n) is 11.7. The Morgan fingerprint density at radius 2 is 1.72 bits per heavy atom. The number of imide groups is 1. The average Bonchev–Trinajstić information content (AvgIpc) is 3.32. The van der Waals surface area contributed by atoms with Gasteiger partial charge in [0.15, 0.2) is 0 Å². The minimum Gasteiger partial charge on any atom is -0.342 e. The van der Waals surface area contributed by atoms with Gasteiger partial charge in [0.2, 0.25) is 5.91 Å². The van der Waals surface area contributed by atoms with Crippen molar-refractivity contribution < 1.29 is 14.4 Å². The number of benzene rings is 3. The maximum absolute atomic E-state index is 13.0. The number of anilines is 1. The van der Waals surface area contributed by atoms with E-state index in [0.29, 0.717) is 12.2 Å². The Kier molecular flexibility index (Phi) is 6.12. The number of para-hydroxylation sites is 1. The number of carbonyl (C=O) groups excluding carboxylic acids is 3. The maximum atomic E-state index is 13.0. The van der Waals surface area contributed by atoms with Gasteiger partial charge in [0, 0.05) is 34.9 Å². The van der Waals surface area contributed by atoms with E-state index in [4.69, 9.17) is 0 Å². The van der Waals surface area contributed by atoms with Gasteiger partial charge in [-0.3, -0.25) is 9.59 Å². The standard InChI is InChI=1S/C29H26N4O3/c1-19-10-12-23(13-11-19)30-27(34)18-33-28(35)25(31-29(33)36)15-22-17-32(26-9-4-3-8-24(22)26)16-21-7-5-6-20(2)14-21/h3-15,17H,16,18H2,1-2H3,(H,30,34)(H,31,36). The summed E-state index contributed by atoms with van der Waals surface area (Å²) in [7, 11) is 0. The Morgan fingerprint density at radius 1 is 0.944 bits per heavy atom. The van der Waals surface area contributed by atoms with Crippen molar-refractivity contribution in [3.63, 3.8) is 0 Å². The molecule has 3 aromatic carbocycles. The van der Waals surface area contributed by atoms with Crippen LogP contribution in [0.25, 0.3) is 17.0 Å². The van der Waals surface area contributed by atoms with E-state index < -0.39 is 17.8 Å². The van der Waals surface area contributed by atoms with Crippen molar-refractivity contribution in [2.24, 2.45) is 0 Å². The largest absolute Gasteiger partial charge is 0.342 e. The Hall–Kier alpha value is -4.65. The number of aromatic nitrogens is 1. The number of fused-ring (bicyclic) bond motifs is 1. The molecule has 0 radical (unpaired) electrons. The quantitative estimate of drug-likeness (QED) is 0.307. The van der Waals surface area contributed by atoms with Gasteiger partial charge in [-0.2, -0.15) is 0 Å². The molecule has 0 bridgehead atoms. The van der Waals surface area contributed by atoms with Crippen LogP contribution in [0.15, 0.2) is 84.7 Å². The van der Waals surface area contributed by atoms with Crippen LogP contribution < -0.4 is 10.6 Å². The van der Waals surface area contributed by atoms with Crippen LogP contribution in [0, 0.1) is 13.8 Å². The first-order chi connectivity index (χ1) is 17.4. The molecule has 4 amide bonds. The third-order valence-corrected chi connectivity index (χ3v) is 6.15. The van der Waals surface area contributed by atoms with E-state index in [1.807, 2.05) is 55.6 Å². The summed E-state index contributed by atoms with van der Waals surface area (Å²) in [6.45, 7) is 4.32. The lowest BCUT2D eigenvalue weighted by Crippen LogP contribution is -2.38. The van der Waals surface area contributed by atoms with Crippen LogP contribution in [-0.4, -0.2) is 33.9 Å². The van der Waals surface area contributed by atoms with Gasteiger partial charge < -0.3 is 15.2 Å². The molecule has 0 saturated carbocycles. The molecule has 1 aliphatic rings. The molecule has 0 aliphatic carbocycles. The lowest BCUT2D eigenvalue weighted by molar-refractivity contribution is -0.127. The zero-order chi connectivity index (χ0) is 25.2. The van der Waals surface area contributed by atoms with Crippen LogP contribution in [0.3, 0.4) is 0 Å². The Balaban J connectivity index is 1.37. The topological polar surface area (TPSA) is 83.4 Å². The summed E-state index contributed by atoms with van der Waals surface area (Å²) >= 11 is 0. The smallest absolute Gasteiger partial charge is 0.329 e. The van der Waals surface area contributed by atoms with Crippen molar-refractivity contribution in [1.29, 1.82) is 0 Å². The second kappa shape index (κ2) is 9.54. The number of nitrogens with one attached hydrogen (secondary N) is 2. The molecule has 36 heavy (non-hydrogen) atoms. The maximum Gasteiger partial charge on any atom is 0.329 e. The third-order valence-electron chi connectivity index (χ3n) is 6.15. The lowest BCUT2D eigenvalue weighted by Gasteiger charge is -2.12. The summed E-state index contributed by atoms with van der Waals surface area (Å²) in [5.41, 5.74) is 6.02.